The first-order valence-corrected chi connectivity index (χ1v) is 7.80. The molecular formula is C15H18Cl2F3N. The molecule has 1 N–H and O–H groups in total. The van der Waals surface area contributed by atoms with Crippen LogP contribution in [0.3, 0.4) is 0 Å². The van der Waals surface area contributed by atoms with Gasteiger partial charge in [0, 0.05) is 22.1 Å². The van der Waals surface area contributed by atoms with Gasteiger partial charge in [-0.2, -0.15) is 13.2 Å². The molecule has 0 bridgehead atoms. The highest BCUT2D eigenvalue weighted by Crippen LogP contribution is 2.38. The molecule has 2 rings (SSSR count). The van der Waals surface area contributed by atoms with Crippen molar-refractivity contribution in [1.82, 2.24) is 5.32 Å². The lowest BCUT2D eigenvalue weighted by molar-refractivity contribution is -0.182. The Morgan fingerprint density at radius 1 is 1.14 bits per heavy atom. The molecule has 1 aromatic rings. The first-order valence-electron chi connectivity index (χ1n) is 7.05. The standard InChI is InChI=1S/C15H18Cl2F3N/c1-9(13-8-11(16)4-7-14(13)17)21-12-5-2-10(3-6-12)15(18,19)20/h4,7-10,12,21H,2-3,5-6H2,1H3. The van der Waals surface area contributed by atoms with Gasteiger partial charge in [-0.3, -0.25) is 0 Å². The van der Waals surface area contributed by atoms with Crippen LogP contribution in [0.2, 0.25) is 10.0 Å². The molecule has 0 aliphatic heterocycles. The van der Waals surface area contributed by atoms with Crippen LogP contribution in [0.1, 0.15) is 44.2 Å². The molecule has 1 fully saturated rings. The average molecular weight is 340 g/mol. The van der Waals surface area contributed by atoms with Gasteiger partial charge >= 0.3 is 6.18 Å². The normalized spacial score (nSPS) is 24.9. The van der Waals surface area contributed by atoms with Gasteiger partial charge in [-0.05, 0) is 56.4 Å². The molecule has 1 atom stereocenters. The number of halogens is 5. The number of hydrogen-bond acceptors (Lipinski definition) is 1. The van der Waals surface area contributed by atoms with Crippen molar-refractivity contribution in [2.45, 2.75) is 50.9 Å². The Bertz CT molecular complexity index is 482. The van der Waals surface area contributed by atoms with Crippen LogP contribution in [0.5, 0.6) is 0 Å². The molecule has 1 nitrogen and oxygen atoms in total. The number of rotatable bonds is 3. The van der Waals surface area contributed by atoms with Crippen LogP contribution >= 0.6 is 23.2 Å². The average Bonchev–Trinajstić information content (AvgIpc) is 2.41. The van der Waals surface area contributed by atoms with Gasteiger partial charge in [-0.1, -0.05) is 23.2 Å². The summed E-state index contributed by atoms with van der Waals surface area (Å²) in [6.45, 7) is 1.95. The van der Waals surface area contributed by atoms with Gasteiger partial charge in [0.05, 0.1) is 5.92 Å². The van der Waals surface area contributed by atoms with E-state index in [1.807, 2.05) is 6.92 Å². The molecule has 0 saturated heterocycles. The summed E-state index contributed by atoms with van der Waals surface area (Å²) < 4.78 is 37.9. The smallest absolute Gasteiger partial charge is 0.307 e. The third kappa shape index (κ3) is 4.51. The van der Waals surface area contributed by atoms with Gasteiger partial charge in [0.1, 0.15) is 0 Å². The van der Waals surface area contributed by atoms with E-state index < -0.39 is 12.1 Å². The largest absolute Gasteiger partial charge is 0.391 e. The maximum Gasteiger partial charge on any atom is 0.391 e. The van der Waals surface area contributed by atoms with Crippen LogP contribution in [-0.2, 0) is 0 Å². The lowest BCUT2D eigenvalue weighted by Crippen LogP contribution is -2.38. The van der Waals surface area contributed by atoms with E-state index in [1.165, 1.54) is 0 Å². The minimum atomic E-state index is -4.06. The molecule has 1 aromatic carbocycles. The highest BCUT2D eigenvalue weighted by atomic mass is 35.5. The summed E-state index contributed by atoms with van der Waals surface area (Å²) >= 11 is 12.1. The fourth-order valence-corrected chi connectivity index (χ4v) is 3.34. The van der Waals surface area contributed by atoms with Gasteiger partial charge in [-0.25, -0.2) is 0 Å². The fourth-order valence-electron chi connectivity index (χ4n) is 2.88. The molecule has 6 heteroatoms. The Morgan fingerprint density at radius 3 is 2.33 bits per heavy atom. The molecule has 0 radical (unpaired) electrons. The number of alkyl halides is 3. The summed E-state index contributed by atoms with van der Waals surface area (Å²) in [5.41, 5.74) is 0.877. The Kier molecular flexibility index (Phi) is 5.44. The van der Waals surface area contributed by atoms with E-state index in [0.29, 0.717) is 22.9 Å². The first kappa shape index (κ1) is 16.9. The zero-order valence-corrected chi connectivity index (χ0v) is 13.2. The van der Waals surface area contributed by atoms with Gasteiger partial charge < -0.3 is 5.32 Å². The summed E-state index contributed by atoms with van der Waals surface area (Å²) in [6, 6.07) is 5.30. The molecule has 0 spiro atoms. The van der Waals surface area contributed by atoms with Crippen LogP contribution in [0.25, 0.3) is 0 Å². The van der Waals surface area contributed by atoms with E-state index in [9.17, 15) is 13.2 Å². The summed E-state index contributed by atoms with van der Waals surface area (Å²) in [7, 11) is 0. The lowest BCUT2D eigenvalue weighted by Gasteiger charge is -2.32. The molecule has 118 valence electrons. The topological polar surface area (TPSA) is 12.0 Å². The molecular weight excluding hydrogens is 322 g/mol. The van der Waals surface area contributed by atoms with Crippen molar-refractivity contribution in [3.05, 3.63) is 33.8 Å². The number of nitrogens with one attached hydrogen (secondary N) is 1. The second-order valence-corrected chi connectivity index (χ2v) is 6.49. The highest BCUT2D eigenvalue weighted by molar-refractivity contribution is 6.33. The van der Waals surface area contributed by atoms with Gasteiger partial charge in [-0.15, -0.1) is 0 Å². The molecule has 21 heavy (non-hydrogen) atoms. The van der Waals surface area contributed by atoms with E-state index in [4.69, 9.17) is 23.2 Å². The van der Waals surface area contributed by atoms with Crippen LogP contribution in [0.4, 0.5) is 13.2 Å². The molecule has 0 heterocycles. The van der Waals surface area contributed by atoms with E-state index in [-0.39, 0.29) is 24.9 Å². The van der Waals surface area contributed by atoms with Crippen LogP contribution < -0.4 is 5.32 Å². The van der Waals surface area contributed by atoms with Crippen molar-refractivity contribution in [3.63, 3.8) is 0 Å². The van der Waals surface area contributed by atoms with Crippen molar-refractivity contribution in [3.8, 4) is 0 Å². The highest BCUT2D eigenvalue weighted by Gasteiger charge is 2.41. The van der Waals surface area contributed by atoms with Crippen molar-refractivity contribution >= 4 is 23.2 Å². The van der Waals surface area contributed by atoms with Gasteiger partial charge in [0.15, 0.2) is 0 Å². The fraction of sp³-hybridized carbons (Fsp3) is 0.600. The Balaban J connectivity index is 1.93. The maximum absolute atomic E-state index is 12.6. The Labute approximate surface area is 132 Å². The van der Waals surface area contributed by atoms with Gasteiger partial charge in [0.25, 0.3) is 0 Å². The third-order valence-corrected chi connectivity index (χ3v) is 4.68. The summed E-state index contributed by atoms with van der Waals surface area (Å²) in [5.74, 6) is -1.15. The van der Waals surface area contributed by atoms with E-state index in [2.05, 4.69) is 5.32 Å². The quantitative estimate of drug-likeness (QED) is 0.737. The zero-order chi connectivity index (χ0) is 15.6. The van der Waals surface area contributed by atoms with E-state index in [0.717, 1.165) is 5.56 Å². The number of benzene rings is 1. The molecule has 1 unspecified atom stereocenters. The SMILES string of the molecule is CC(NC1CCC(C(F)(F)F)CC1)c1cc(Cl)ccc1Cl. The molecule has 0 amide bonds. The van der Waals surface area contributed by atoms with Crippen LogP contribution in [0, 0.1) is 5.92 Å². The second kappa shape index (κ2) is 6.76. The maximum atomic E-state index is 12.6. The minimum Gasteiger partial charge on any atom is -0.307 e. The lowest BCUT2D eigenvalue weighted by atomic mass is 9.85. The second-order valence-electron chi connectivity index (χ2n) is 5.64. The first-order chi connectivity index (χ1) is 9.77. The predicted octanol–water partition coefficient (Wildman–Crippen LogP) is 5.77. The molecule has 1 aliphatic rings. The van der Waals surface area contributed by atoms with Crippen molar-refractivity contribution in [2.75, 3.05) is 0 Å². The Morgan fingerprint density at radius 2 is 1.76 bits per heavy atom. The van der Waals surface area contributed by atoms with Crippen molar-refractivity contribution < 1.29 is 13.2 Å². The van der Waals surface area contributed by atoms with E-state index >= 15 is 0 Å². The summed E-state index contributed by atoms with van der Waals surface area (Å²) in [6.07, 6.45) is -2.61. The number of hydrogen-bond donors (Lipinski definition) is 1. The van der Waals surface area contributed by atoms with Crippen molar-refractivity contribution in [1.29, 1.82) is 0 Å². The van der Waals surface area contributed by atoms with E-state index in [1.54, 1.807) is 18.2 Å². The van der Waals surface area contributed by atoms with Gasteiger partial charge in [0.2, 0.25) is 0 Å². The molecule has 0 aromatic heterocycles. The molecule has 1 saturated carbocycles. The van der Waals surface area contributed by atoms with Crippen LogP contribution in [0.15, 0.2) is 18.2 Å². The summed E-state index contributed by atoms with van der Waals surface area (Å²) in [5, 5.41) is 4.58. The third-order valence-electron chi connectivity index (χ3n) is 4.10. The monoisotopic (exact) mass is 339 g/mol. The zero-order valence-electron chi connectivity index (χ0n) is 11.7. The van der Waals surface area contributed by atoms with Crippen LogP contribution in [-0.4, -0.2) is 12.2 Å². The summed E-state index contributed by atoms with van der Waals surface area (Å²) in [4.78, 5) is 0. The molecule has 1 aliphatic carbocycles. The predicted molar refractivity (Wildman–Crippen MR) is 79.8 cm³/mol. The van der Waals surface area contributed by atoms with Crippen molar-refractivity contribution in [2.24, 2.45) is 5.92 Å². The Hall–Kier alpha value is -0.450. The minimum absolute atomic E-state index is 0.0383.